The Morgan fingerprint density at radius 2 is 2.06 bits per heavy atom. The summed E-state index contributed by atoms with van der Waals surface area (Å²) in [4.78, 5) is 10.6. The molecule has 0 radical (unpaired) electrons. The molecule has 3 nitrogen and oxygen atoms in total. The number of carbonyl (C=O) groups is 1. The molecule has 1 unspecified atom stereocenters. The van der Waals surface area contributed by atoms with Crippen molar-refractivity contribution in [2.75, 3.05) is 13.1 Å². The molecule has 0 saturated heterocycles. The summed E-state index contributed by atoms with van der Waals surface area (Å²) < 4.78 is 0. The summed E-state index contributed by atoms with van der Waals surface area (Å²) in [7, 11) is 0. The fraction of sp³-hybridized carbons (Fsp3) is 0.500. The lowest BCUT2D eigenvalue weighted by Crippen LogP contribution is -2.27. The van der Waals surface area contributed by atoms with Gasteiger partial charge >= 0.3 is 5.97 Å². The Hall–Kier alpha value is -1.35. The molecule has 17 heavy (non-hydrogen) atoms. The Balaban J connectivity index is 2.31. The van der Waals surface area contributed by atoms with E-state index in [9.17, 15) is 4.79 Å². The molecule has 0 aliphatic heterocycles. The smallest absolute Gasteiger partial charge is 0.307 e. The molecule has 0 spiro atoms. The fourth-order valence-corrected chi connectivity index (χ4v) is 1.60. The van der Waals surface area contributed by atoms with Crippen LogP contribution in [0.2, 0.25) is 0 Å². The van der Waals surface area contributed by atoms with E-state index in [0.717, 1.165) is 13.0 Å². The molecular formula is C14H21NO2. The Bertz CT molecular complexity index is 388. The lowest BCUT2D eigenvalue weighted by atomic mass is 10.0. The molecule has 1 atom stereocenters. The summed E-state index contributed by atoms with van der Waals surface area (Å²) in [5.41, 5.74) is 3.91. The van der Waals surface area contributed by atoms with Crippen LogP contribution in [0.5, 0.6) is 0 Å². The predicted octanol–water partition coefficient (Wildman–Crippen LogP) is 2.16. The topological polar surface area (TPSA) is 49.3 Å². The molecule has 94 valence electrons. The SMILES string of the molecule is Cc1ccc(CCNCC(C)C(=O)O)cc1C. The first kappa shape index (κ1) is 13.7. The van der Waals surface area contributed by atoms with E-state index in [1.54, 1.807) is 6.92 Å². The van der Waals surface area contributed by atoms with Gasteiger partial charge in [-0.15, -0.1) is 0 Å². The van der Waals surface area contributed by atoms with Gasteiger partial charge in [-0.25, -0.2) is 0 Å². The number of aryl methyl sites for hydroxylation is 2. The molecular weight excluding hydrogens is 214 g/mol. The van der Waals surface area contributed by atoms with Gasteiger partial charge in [0.2, 0.25) is 0 Å². The molecule has 0 saturated carbocycles. The average molecular weight is 235 g/mol. The molecule has 0 bridgehead atoms. The minimum absolute atomic E-state index is 0.324. The Morgan fingerprint density at radius 1 is 1.35 bits per heavy atom. The van der Waals surface area contributed by atoms with Gasteiger partial charge in [-0.2, -0.15) is 0 Å². The maximum Gasteiger partial charge on any atom is 0.307 e. The van der Waals surface area contributed by atoms with Crippen LogP contribution in [0.3, 0.4) is 0 Å². The number of rotatable bonds is 6. The van der Waals surface area contributed by atoms with E-state index in [1.165, 1.54) is 16.7 Å². The highest BCUT2D eigenvalue weighted by atomic mass is 16.4. The van der Waals surface area contributed by atoms with Crippen LogP contribution in [-0.2, 0) is 11.2 Å². The quantitative estimate of drug-likeness (QED) is 0.743. The molecule has 2 N–H and O–H groups in total. The van der Waals surface area contributed by atoms with Gasteiger partial charge in [0.25, 0.3) is 0 Å². The van der Waals surface area contributed by atoms with Gasteiger partial charge in [0.15, 0.2) is 0 Å². The number of carboxylic acids is 1. The normalized spacial score (nSPS) is 12.4. The highest BCUT2D eigenvalue weighted by Gasteiger charge is 2.09. The molecule has 0 heterocycles. The maximum atomic E-state index is 10.6. The van der Waals surface area contributed by atoms with Crippen molar-refractivity contribution in [2.45, 2.75) is 27.2 Å². The van der Waals surface area contributed by atoms with Crippen molar-refractivity contribution in [1.29, 1.82) is 0 Å². The second-order valence-electron chi connectivity index (χ2n) is 4.61. The van der Waals surface area contributed by atoms with Crippen molar-refractivity contribution < 1.29 is 9.90 Å². The summed E-state index contributed by atoms with van der Waals surface area (Å²) in [5.74, 6) is -1.07. The van der Waals surface area contributed by atoms with Crippen molar-refractivity contribution in [3.05, 3.63) is 34.9 Å². The molecule has 1 aromatic carbocycles. The number of carboxylic acid groups (broad SMARTS) is 1. The molecule has 0 aliphatic rings. The van der Waals surface area contributed by atoms with Crippen molar-refractivity contribution in [1.82, 2.24) is 5.32 Å². The van der Waals surface area contributed by atoms with E-state index in [-0.39, 0.29) is 5.92 Å². The zero-order chi connectivity index (χ0) is 12.8. The summed E-state index contributed by atoms with van der Waals surface area (Å²) in [5, 5.41) is 11.9. The number of benzene rings is 1. The van der Waals surface area contributed by atoms with E-state index in [2.05, 4.69) is 37.4 Å². The third-order valence-corrected chi connectivity index (χ3v) is 3.03. The zero-order valence-electron chi connectivity index (χ0n) is 10.8. The van der Waals surface area contributed by atoms with Crippen LogP contribution < -0.4 is 5.32 Å². The highest BCUT2D eigenvalue weighted by Crippen LogP contribution is 2.09. The molecule has 3 heteroatoms. The Kier molecular flexibility index (Phi) is 5.16. The maximum absolute atomic E-state index is 10.6. The number of hydrogen-bond donors (Lipinski definition) is 2. The third-order valence-electron chi connectivity index (χ3n) is 3.03. The van der Waals surface area contributed by atoms with Crippen LogP contribution in [0.1, 0.15) is 23.6 Å². The van der Waals surface area contributed by atoms with Gasteiger partial charge in [0.05, 0.1) is 5.92 Å². The van der Waals surface area contributed by atoms with Crippen molar-refractivity contribution in [3.8, 4) is 0 Å². The predicted molar refractivity (Wildman–Crippen MR) is 69.3 cm³/mol. The van der Waals surface area contributed by atoms with E-state index >= 15 is 0 Å². The molecule has 0 fully saturated rings. The van der Waals surface area contributed by atoms with Crippen LogP contribution in [0.25, 0.3) is 0 Å². The van der Waals surface area contributed by atoms with Gasteiger partial charge in [-0.05, 0) is 43.5 Å². The number of nitrogens with one attached hydrogen (secondary N) is 1. The van der Waals surface area contributed by atoms with Crippen molar-refractivity contribution in [3.63, 3.8) is 0 Å². The molecule has 0 aromatic heterocycles. The molecule has 0 amide bonds. The van der Waals surface area contributed by atoms with Gasteiger partial charge in [0.1, 0.15) is 0 Å². The summed E-state index contributed by atoms with van der Waals surface area (Å²) >= 11 is 0. The molecule has 1 aromatic rings. The Morgan fingerprint density at radius 3 is 2.65 bits per heavy atom. The van der Waals surface area contributed by atoms with E-state index in [4.69, 9.17) is 5.11 Å². The van der Waals surface area contributed by atoms with Crippen molar-refractivity contribution >= 4 is 5.97 Å². The second kappa shape index (κ2) is 6.40. The van der Waals surface area contributed by atoms with Crippen LogP contribution >= 0.6 is 0 Å². The lowest BCUT2D eigenvalue weighted by molar-refractivity contribution is -0.140. The standard InChI is InChI=1S/C14H21NO2/c1-10-4-5-13(8-11(10)2)6-7-15-9-12(3)14(16)17/h4-5,8,12,15H,6-7,9H2,1-3H3,(H,16,17). The van der Waals surface area contributed by atoms with Gasteiger partial charge in [-0.3, -0.25) is 4.79 Å². The lowest BCUT2D eigenvalue weighted by Gasteiger charge is -2.09. The number of hydrogen-bond acceptors (Lipinski definition) is 2. The summed E-state index contributed by atoms with van der Waals surface area (Å²) in [6, 6.07) is 6.45. The first-order chi connectivity index (χ1) is 8.00. The van der Waals surface area contributed by atoms with Crippen molar-refractivity contribution in [2.24, 2.45) is 5.92 Å². The van der Waals surface area contributed by atoms with Gasteiger partial charge in [-0.1, -0.05) is 25.1 Å². The molecule has 1 rings (SSSR count). The van der Waals surface area contributed by atoms with Crippen LogP contribution in [0.15, 0.2) is 18.2 Å². The minimum Gasteiger partial charge on any atom is -0.481 e. The third kappa shape index (κ3) is 4.57. The largest absolute Gasteiger partial charge is 0.481 e. The monoisotopic (exact) mass is 235 g/mol. The average Bonchev–Trinajstić information content (AvgIpc) is 2.28. The summed E-state index contributed by atoms with van der Waals surface area (Å²) in [6.45, 7) is 7.27. The van der Waals surface area contributed by atoms with Crippen LogP contribution in [-0.4, -0.2) is 24.2 Å². The second-order valence-corrected chi connectivity index (χ2v) is 4.61. The highest BCUT2D eigenvalue weighted by molar-refractivity contribution is 5.69. The Labute approximate surface area is 103 Å². The number of aliphatic carboxylic acids is 1. The van der Waals surface area contributed by atoms with E-state index in [1.807, 2.05) is 0 Å². The minimum atomic E-state index is -0.747. The first-order valence-electron chi connectivity index (χ1n) is 6.00. The van der Waals surface area contributed by atoms with Gasteiger partial charge in [0, 0.05) is 6.54 Å². The van der Waals surface area contributed by atoms with Crippen LogP contribution in [0.4, 0.5) is 0 Å². The summed E-state index contributed by atoms with van der Waals surface area (Å²) in [6.07, 6.45) is 0.938. The first-order valence-corrected chi connectivity index (χ1v) is 6.00. The van der Waals surface area contributed by atoms with Crippen LogP contribution in [0, 0.1) is 19.8 Å². The zero-order valence-corrected chi connectivity index (χ0v) is 10.8. The van der Waals surface area contributed by atoms with E-state index in [0.29, 0.717) is 6.54 Å². The molecule has 0 aliphatic carbocycles. The fourth-order valence-electron chi connectivity index (χ4n) is 1.60. The van der Waals surface area contributed by atoms with E-state index < -0.39 is 5.97 Å². The van der Waals surface area contributed by atoms with Gasteiger partial charge < -0.3 is 10.4 Å².